The van der Waals surface area contributed by atoms with Gasteiger partial charge in [-0.15, -0.1) is 0 Å². The zero-order valence-corrected chi connectivity index (χ0v) is 22.8. The van der Waals surface area contributed by atoms with E-state index in [1.165, 1.54) is 6.92 Å². The lowest BCUT2D eigenvalue weighted by molar-refractivity contribution is -0.151. The van der Waals surface area contributed by atoms with Gasteiger partial charge in [0.05, 0.1) is 0 Å². The van der Waals surface area contributed by atoms with Crippen molar-refractivity contribution in [1.29, 1.82) is 5.41 Å². The number of hydrogen-bond acceptors (Lipinski definition) is 6. The summed E-state index contributed by atoms with van der Waals surface area (Å²) in [7, 11) is 0. The first-order valence-electron chi connectivity index (χ1n) is 13.8. The van der Waals surface area contributed by atoms with Crippen LogP contribution in [0.2, 0.25) is 0 Å². The Bertz CT molecular complexity index is 1210. The Labute approximate surface area is 234 Å². The second kappa shape index (κ2) is 13.7. The normalized spacial score (nSPS) is 17.6. The molecule has 2 aromatic rings. The molecule has 212 valence electrons. The Morgan fingerprint density at radius 1 is 0.950 bits per heavy atom. The van der Waals surface area contributed by atoms with Crippen LogP contribution in [0, 0.1) is 11.3 Å². The molecule has 0 spiro atoms. The summed E-state index contributed by atoms with van der Waals surface area (Å²) >= 11 is 0. The van der Waals surface area contributed by atoms with Gasteiger partial charge in [0.2, 0.25) is 17.7 Å². The monoisotopic (exact) mass is 547 g/mol. The fraction of sp³-hybridized carbons (Fsp3) is 0.433. The highest BCUT2D eigenvalue weighted by molar-refractivity contribution is 6.04. The molecule has 4 N–H and O–H groups in total. The topological polar surface area (TPSA) is 141 Å². The van der Waals surface area contributed by atoms with Crippen LogP contribution in [0.15, 0.2) is 54.6 Å². The van der Waals surface area contributed by atoms with Crippen LogP contribution < -0.4 is 16.0 Å². The van der Waals surface area contributed by atoms with Crippen LogP contribution in [0.1, 0.15) is 62.1 Å². The molecule has 2 aliphatic rings. The van der Waals surface area contributed by atoms with E-state index >= 15 is 0 Å². The van der Waals surface area contributed by atoms with Crippen LogP contribution in [0.5, 0.6) is 0 Å². The lowest BCUT2D eigenvalue weighted by Gasteiger charge is -2.43. The second-order valence-corrected chi connectivity index (χ2v) is 10.4. The predicted octanol–water partition coefficient (Wildman–Crippen LogP) is 3.24. The fourth-order valence-electron chi connectivity index (χ4n) is 5.20. The van der Waals surface area contributed by atoms with Crippen LogP contribution >= 0.6 is 0 Å². The van der Waals surface area contributed by atoms with E-state index in [9.17, 15) is 19.2 Å². The van der Waals surface area contributed by atoms with E-state index in [0.717, 1.165) is 43.2 Å². The van der Waals surface area contributed by atoms with Gasteiger partial charge in [-0.25, -0.2) is 4.79 Å². The Morgan fingerprint density at radius 2 is 1.65 bits per heavy atom. The molecule has 1 heterocycles. The van der Waals surface area contributed by atoms with Gasteiger partial charge in [-0.2, -0.15) is 0 Å². The van der Waals surface area contributed by atoms with Crippen LogP contribution in [-0.4, -0.2) is 53.2 Å². The number of ether oxygens (including phenoxy) is 1. The van der Waals surface area contributed by atoms with Gasteiger partial charge in [0, 0.05) is 25.6 Å². The Morgan fingerprint density at radius 3 is 2.27 bits per heavy atom. The van der Waals surface area contributed by atoms with E-state index in [4.69, 9.17) is 10.1 Å². The summed E-state index contributed by atoms with van der Waals surface area (Å²) in [6.45, 7) is 2.29. The lowest BCUT2D eigenvalue weighted by atomic mass is 9.82. The van der Waals surface area contributed by atoms with Crippen LogP contribution in [-0.2, 0) is 32.3 Å². The molecule has 0 aromatic heterocycles. The molecule has 0 unspecified atom stereocenters. The third kappa shape index (κ3) is 7.68. The molecule has 4 amide bonds. The average molecular weight is 548 g/mol. The van der Waals surface area contributed by atoms with E-state index in [-0.39, 0.29) is 42.6 Å². The third-order valence-electron chi connectivity index (χ3n) is 7.50. The van der Waals surface area contributed by atoms with Gasteiger partial charge < -0.3 is 20.3 Å². The zero-order chi connectivity index (χ0) is 28.5. The summed E-state index contributed by atoms with van der Waals surface area (Å²) < 4.78 is 5.15. The molecule has 2 fully saturated rings. The van der Waals surface area contributed by atoms with Crippen molar-refractivity contribution in [2.24, 2.45) is 5.92 Å². The van der Waals surface area contributed by atoms with Gasteiger partial charge in [-0.3, -0.25) is 25.1 Å². The standard InChI is InChI=1S/C30H37N5O5/c1-20(36)33-26(23-10-6-3-7-11-23)29(38)35-17-16-25(35)28(37)32-18-21-12-14-24(15-13-21)27(31)34-30(39)40-19-22-8-4-2-5-9-22/h2,4-5,8-9,12-15,23,25-26H,3,6-7,10-11,16-19H2,1H3,(H,32,37)(H,33,36)(H2,31,34,39)/t25-,26+/m0/s1. The van der Waals surface area contributed by atoms with Crippen LogP contribution in [0.3, 0.4) is 0 Å². The van der Waals surface area contributed by atoms with E-state index in [1.54, 1.807) is 29.2 Å². The Kier molecular flexibility index (Phi) is 9.88. The number of hydrogen-bond donors (Lipinski definition) is 4. The highest BCUT2D eigenvalue weighted by atomic mass is 16.5. The quantitative estimate of drug-likeness (QED) is 0.282. The number of nitrogens with one attached hydrogen (secondary N) is 4. The summed E-state index contributed by atoms with van der Waals surface area (Å²) in [5, 5.41) is 16.3. The molecule has 0 radical (unpaired) electrons. The number of nitrogens with zero attached hydrogens (tertiary/aromatic N) is 1. The largest absolute Gasteiger partial charge is 0.444 e. The molecule has 4 rings (SSSR count). The minimum absolute atomic E-state index is 0.0936. The Balaban J connectivity index is 1.24. The van der Waals surface area contributed by atoms with Gasteiger partial charge in [-0.05, 0) is 36.3 Å². The van der Waals surface area contributed by atoms with E-state index in [1.807, 2.05) is 30.3 Å². The number of alkyl carbamates (subject to hydrolysis) is 1. The molecule has 40 heavy (non-hydrogen) atoms. The van der Waals surface area contributed by atoms with Crippen LogP contribution in [0.4, 0.5) is 4.79 Å². The van der Waals surface area contributed by atoms with Crippen molar-refractivity contribution in [3.05, 3.63) is 71.3 Å². The molecule has 1 saturated heterocycles. The number of carbonyl (C=O) groups excluding carboxylic acids is 4. The summed E-state index contributed by atoms with van der Waals surface area (Å²) in [5.74, 6) is -0.632. The van der Waals surface area contributed by atoms with Crippen LogP contribution in [0.25, 0.3) is 0 Å². The maximum Gasteiger partial charge on any atom is 0.413 e. The van der Waals surface area contributed by atoms with E-state index in [2.05, 4.69) is 16.0 Å². The Hall–Kier alpha value is -4.21. The van der Waals surface area contributed by atoms with Gasteiger partial charge in [0.15, 0.2) is 0 Å². The van der Waals surface area contributed by atoms with Crippen molar-refractivity contribution >= 4 is 29.7 Å². The number of amidine groups is 1. The molecular weight excluding hydrogens is 510 g/mol. The molecule has 10 heteroatoms. The van der Waals surface area contributed by atoms with Gasteiger partial charge in [0.25, 0.3) is 0 Å². The molecule has 1 aliphatic carbocycles. The predicted molar refractivity (Wildman–Crippen MR) is 149 cm³/mol. The summed E-state index contributed by atoms with van der Waals surface area (Å²) in [5.41, 5.74) is 2.16. The molecule has 10 nitrogen and oxygen atoms in total. The third-order valence-corrected chi connectivity index (χ3v) is 7.50. The van der Waals surface area contributed by atoms with Crippen molar-refractivity contribution in [2.45, 2.75) is 70.7 Å². The van der Waals surface area contributed by atoms with Gasteiger partial charge in [-0.1, -0.05) is 73.9 Å². The number of carbonyl (C=O) groups is 4. The number of amides is 4. The van der Waals surface area contributed by atoms with Gasteiger partial charge in [0.1, 0.15) is 24.5 Å². The van der Waals surface area contributed by atoms with Crippen molar-refractivity contribution < 1.29 is 23.9 Å². The second-order valence-electron chi connectivity index (χ2n) is 10.4. The number of likely N-dealkylation sites (tertiary alicyclic amines) is 1. The first-order chi connectivity index (χ1) is 19.3. The number of benzene rings is 2. The van der Waals surface area contributed by atoms with Gasteiger partial charge >= 0.3 is 6.09 Å². The minimum atomic E-state index is -0.714. The average Bonchev–Trinajstić information content (AvgIpc) is 2.94. The zero-order valence-electron chi connectivity index (χ0n) is 22.8. The molecule has 2 aromatic carbocycles. The first kappa shape index (κ1) is 28.8. The minimum Gasteiger partial charge on any atom is -0.444 e. The first-order valence-corrected chi connectivity index (χ1v) is 13.8. The maximum absolute atomic E-state index is 13.3. The van der Waals surface area contributed by atoms with Crippen molar-refractivity contribution in [3.63, 3.8) is 0 Å². The highest BCUT2D eigenvalue weighted by Crippen LogP contribution is 2.29. The van der Waals surface area contributed by atoms with Crippen molar-refractivity contribution in [3.8, 4) is 0 Å². The van der Waals surface area contributed by atoms with E-state index in [0.29, 0.717) is 18.5 Å². The van der Waals surface area contributed by atoms with Crippen molar-refractivity contribution in [1.82, 2.24) is 20.9 Å². The van der Waals surface area contributed by atoms with Crippen molar-refractivity contribution in [2.75, 3.05) is 6.54 Å². The lowest BCUT2D eigenvalue weighted by Crippen LogP contribution is -2.63. The summed E-state index contributed by atoms with van der Waals surface area (Å²) in [4.78, 5) is 51.6. The molecular formula is C30H37N5O5. The fourth-order valence-corrected chi connectivity index (χ4v) is 5.20. The highest BCUT2D eigenvalue weighted by Gasteiger charge is 2.42. The molecule has 2 atom stereocenters. The summed E-state index contributed by atoms with van der Waals surface area (Å²) in [6.07, 6.45) is 4.91. The maximum atomic E-state index is 13.3. The smallest absolute Gasteiger partial charge is 0.413 e. The molecule has 1 saturated carbocycles. The van der Waals surface area contributed by atoms with E-state index < -0.39 is 18.2 Å². The summed E-state index contributed by atoms with van der Waals surface area (Å²) in [6, 6.07) is 15.0. The molecule has 0 bridgehead atoms. The molecule has 1 aliphatic heterocycles. The number of rotatable bonds is 9. The SMILES string of the molecule is CC(=O)N[C@@H](C(=O)N1CC[C@H]1C(=O)NCc1ccc(C(=N)NC(=O)OCc2ccccc2)cc1)C1CCCCC1.